The second-order valence-electron chi connectivity index (χ2n) is 12.8. The van der Waals surface area contributed by atoms with Crippen molar-refractivity contribution in [2.24, 2.45) is 23.2 Å². The van der Waals surface area contributed by atoms with Gasteiger partial charge in [-0.05, 0) is 43.1 Å². The third kappa shape index (κ3) is 6.02. The third-order valence-corrected chi connectivity index (χ3v) is 8.15. The Bertz CT molecular complexity index is 1270. The normalized spacial score (nSPS) is 25.2. The monoisotopic (exact) mass is 538 g/mol. The summed E-state index contributed by atoms with van der Waals surface area (Å²) in [5, 5.41) is 10.3. The standard InChI is InChI=1S/C30H42N4O5/c1-19(2)18-34-27(38)39-25(33-34)23(35)30(17-22(30)20(3)4)32-26(37)29(14-8-7-9-15-29)31-24(36)21-11-10-13-28(5,6)16-12-21/h10-13,16,19-20,22H,7-9,14-15,17-18H2,1-6H3,(H,31,36)(H,32,37)/t22-,30?/m0/s1. The number of amides is 2. The van der Waals surface area contributed by atoms with Gasteiger partial charge >= 0.3 is 5.76 Å². The van der Waals surface area contributed by atoms with Crippen molar-refractivity contribution in [3.05, 3.63) is 52.4 Å². The molecule has 212 valence electrons. The van der Waals surface area contributed by atoms with Gasteiger partial charge in [-0.1, -0.05) is 85.1 Å². The lowest BCUT2D eigenvalue weighted by atomic mass is 9.80. The number of Topliss-reactive ketones (excluding diaryl/α,β-unsaturated/α-hetero) is 1. The van der Waals surface area contributed by atoms with Gasteiger partial charge in [0.15, 0.2) is 0 Å². The Morgan fingerprint density at radius 3 is 2.38 bits per heavy atom. The molecule has 0 radical (unpaired) electrons. The molecule has 1 aromatic heterocycles. The Hall–Kier alpha value is -3.23. The quantitative estimate of drug-likeness (QED) is 0.456. The van der Waals surface area contributed by atoms with Crippen LogP contribution in [0, 0.1) is 23.2 Å². The first kappa shape index (κ1) is 28.8. The molecule has 2 fully saturated rings. The highest BCUT2D eigenvalue weighted by molar-refractivity contribution is 6.07. The van der Waals surface area contributed by atoms with Crippen molar-refractivity contribution in [3.63, 3.8) is 0 Å². The minimum atomic E-state index is -1.22. The molecule has 39 heavy (non-hydrogen) atoms. The van der Waals surface area contributed by atoms with E-state index < -0.39 is 22.6 Å². The lowest BCUT2D eigenvalue weighted by Gasteiger charge is -2.38. The van der Waals surface area contributed by atoms with Crippen LogP contribution >= 0.6 is 0 Å². The number of hydrogen-bond donors (Lipinski definition) is 2. The number of carbonyl (C=O) groups is 3. The number of allylic oxidation sites excluding steroid dienone is 4. The average Bonchev–Trinajstić information content (AvgIpc) is 3.53. The number of nitrogens with zero attached hydrogens (tertiary/aromatic N) is 2. The molecule has 2 N–H and O–H groups in total. The Balaban J connectivity index is 1.60. The molecule has 0 aromatic carbocycles. The highest BCUT2D eigenvalue weighted by Gasteiger charge is 2.64. The van der Waals surface area contributed by atoms with Gasteiger partial charge in [0.05, 0.1) is 6.54 Å². The fourth-order valence-corrected chi connectivity index (χ4v) is 5.75. The van der Waals surface area contributed by atoms with E-state index in [-0.39, 0.29) is 40.9 Å². The topological polar surface area (TPSA) is 123 Å². The van der Waals surface area contributed by atoms with Gasteiger partial charge in [-0.3, -0.25) is 14.4 Å². The van der Waals surface area contributed by atoms with Crippen molar-refractivity contribution >= 4 is 17.6 Å². The molecule has 0 aliphatic heterocycles. The van der Waals surface area contributed by atoms with E-state index in [9.17, 15) is 19.2 Å². The Morgan fingerprint density at radius 2 is 1.77 bits per heavy atom. The van der Waals surface area contributed by atoms with Crippen molar-refractivity contribution in [2.45, 2.75) is 97.7 Å². The number of aromatic nitrogens is 2. The van der Waals surface area contributed by atoms with E-state index in [1.807, 2.05) is 45.9 Å². The number of ketones is 1. The van der Waals surface area contributed by atoms with Crippen molar-refractivity contribution < 1.29 is 18.8 Å². The van der Waals surface area contributed by atoms with Crippen molar-refractivity contribution in [3.8, 4) is 0 Å². The van der Waals surface area contributed by atoms with Crippen molar-refractivity contribution in [1.29, 1.82) is 0 Å². The second kappa shape index (κ2) is 10.7. The van der Waals surface area contributed by atoms with Crippen LogP contribution < -0.4 is 16.4 Å². The van der Waals surface area contributed by atoms with E-state index >= 15 is 0 Å². The summed E-state index contributed by atoms with van der Waals surface area (Å²) in [5.41, 5.74) is -2.06. The molecule has 0 spiro atoms. The molecule has 2 atom stereocenters. The Morgan fingerprint density at radius 1 is 1.08 bits per heavy atom. The predicted octanol–water partition coefficient (Wildman–Crippen LogP) is 4.10. The molecule has 1 heterocycles. The summed E-state index contributed by atoms with van der Waals surface area (Å²) < 4.78 is 6.42. The summed E-state index contributed by atoms with van der Waals surface area (Å²) in [6.45, 7) is 12.3. The maximum atomic E-state index is 14.0. The molecule has 0 saturated heterocycles. The molecule has 9 nitrogen and oxygen atoms in total. The van der Waals surface area contributed by atoms with Gasteiger partial charge in [-0.2, -0.15) is 4.68 Å². The molecular weight excluding hydrogens is 496 g/mol. The smallest absolute Gasteiger partial charge is 0.384 e. The van der Waals surface area contributed by atoms with E-state index in [0.717, 1.165) is 23.9 Å². The maximum Gasteiger partial charge on any atom is 0.437 e. The molecular formula is C30H42N4O5. The molecule has 3 aliphatic rings. The molecule has 2 amide bonds. The number of hydrogen-bond acceptors (Lipinski definition) is 6. The zero-order chi connectivity index (χ0) is 28.6. The first-order valence-electron chi connectivity index (χ1n) is 14.2. The van der Waals surface area contributed by atoms with E-state index in [1.165, 1.54) is 0 Å². The van der Waals surface area contributed by atoms with E-state index in [2.05, 4.69) is 29.6 Å². The number of rotatable bonds is 9. The predicted molar refractivity (Wildman–Crippen MR) is 148 cm³/mol. The highest BCUT2D eigenvalue weighted by Crippen LogP contribution is 2.50. The lowest BCUT2D eigenvalue weighted by Crippen LogP contribution is -2.63. The van der Waals surface area contributed by atoms with Crippen molar-refractivity contribution in [1.82, 2.24) is 20.4 Å². The highest BCUT2D eigenvalue weighted by atomic mass is 16.4. The first-order chi connectivity index (χ1) is 18.3. The van der Waals surface area contributed by atoms with Crippen LogP contribution in [0.5, 0.6) is 0 Å². The minimum Gasteiger partial charge on any atom is -0.384 e. The fraction of sp³-hybridized carbons (Fsp3) is 0.633. The van der Waals surface area contributed by atoms with Gasteiger partial charge < -0.3 is 15.1 Å². The van der Waals surface area contributed by atoms with E-state index in [0.29, 0.717) is 31.4 Å². The molecule has 1 aromatic rings. The molecule has 2 saturated carbocycles. The van der Waals surface area contributed by atoms with E-state index in [4.69, 9.17) is 4.42 Å². The Kier molecular flexibility index (Phi) is 7.92. The molecule has 1 unspecified atom stereocenters. The molecule has 9 heteroatoms. The number of carbonyl (C=O) groups excluding carboxylic acids is 3. The van der Waals surface area contributed by atoms with Gasteiger partial charge in [0.25, 0.3) is 11.8 Å². The lowest BCUT2D eigenvalue weighted by molar-refractivity contribution is -0.134. The summed E-state index contributed by atoms with van der Waals surface area (Å²) in [5.74, 6) is -2.04. The van der Waals surface area contributed by atoms with Crippen molar-refractivity contribution in [2.75, 3.05) is 0 Å². The van der Waals surface area contributed by atoms with Gasteiger partial charge in [0, 0.05) is 11.0 Å². The fourth-order valence-electron chi connectivity index (χ4n) is 5.75. The zero-order valence-corrected chi connectivity index (χ0v) is 24.0. The zero-order valence-electron chi connectivity index (χ0n) is 24.0. The van der Waals surface area contributed by atoms with Crippen LogP contribution in [-0.4, -0.2) is 38.5 Å². The first-order valence-corrected chi connectivity index (χ1v) is 14.2. The van der Waals surface area contributed by atoms with Crippen LogP contribution in [-0.2, 0) is 16.1 Å². The summed E-state index contributed by atoms with van der Waals surface area (Å²) in [4.78, 5) is 53.5. The summed E-state index contributed by atoms with van der Waals surface area (Å²) in [7, 11) is 0. The second-order valence-corrected chi connectivity index (χ2v) is 12.8. The van der Waals surface area contributed by atoms with Gasteiger partial charge in [-0.15, -0.1) is 5.10 Å². The van der Waals surface area contributed by atoms with Crippen LogP contribution in [0.15, 0.2) is 45.2 Å². The third-order valence-electron chi connectivity index (χ3n) is 8.15. The number of nitrogens with one attached hydrogen (secondary N) is 2. The average molecular weight is 539 g/mol. The van der Waals surface area contributed by atoms with Gasteiger partial charge in [0.1, 0.15) is 11.1 Å². The minimum absolute atomic E-state index is 0.104. The molecule has 4 rings (SSSR count). The molecule has 3 aliphatic carbocycles. The van der Waals surface area contributed by atoms with Gasteiger partial charge in [0.2, 0.25) is 11.7 Å². The SMILES string of the molecule is CC(C)Cn1nc(C(=O)C2(NC(=O)C3(NC(=O)C4=CC=CC(C)(C)C=C4)CCCCC3)C[C@H]2C(C)C)oc1=O. The maximum absolute atomic E-state index is 14.0. The summed E-state index contributed by atoms with van der Waals surface area (Å²) in [6, 6.07) is 0. The van der Waals surface area contributed by atoms with E-state index in [1.54, 1.807) is 12.2 Å². The van der Waals surface area contributed by atoms with Crippen LogP contribution in [0.1, 0.15) is 90.8 Å². The summed E-state index contributed by atoms with van der Waals surface area (Å²) >= 11 is 0. The van der Waals surface area contributed by atoms with Crippen LogP contribution in [0.4, 0.5) is 0 Å². The van der Waals surface area contributed by atoms with Crippen LogP contribution in [0.25, 0.3) is 0 Å². The molecule has 0 bridgehead atoms. The van der Waals surface area contributed by atoms with Crippen LogP contribution in [0.3, 0.4) is 0 Å². The largest absolute Gasteiger partial charge is 0.437 e. The Labute approximate surface area is 230 Å². The van der Waals surface area contributed by atoms with Crippen LogP contribution in [0.2, 0.25) is 0 Å². The van der Waals surface area contributed by atoms with Gasteiger partial charge in [-0.25, -0.2) is 4.79 Å². The summed E-state index contributed by atoms with van der Waals surface area (Å²) in [6.07, 6.45) is 13.3.